The first-order valence-corrected chi connectivity index (χ1v) is 6.92. The van der Waals surface area contributed by atoms with Gasteiger partial charge in [0.1, 0.15) is 5.01 Å². The fraction of sp³-hybridized carbons (Fsp3) is 0.750. The first kappa shape index (κ1) is 13.6. The number of hydrogen-bond acceptors (Lipinski definition) is 4. The zero-order valence-corrected chi connectivity index (χ0v) is 11.4. The molecule has 1 atom stereocenters. The number of rotatable bonds is 8. The van der Waals surface area contributed by atoms with Crippen LogP contribution in [-0.2, 0) is 6.42 Å². The summed E-state index contributed by atoms with van der Waals surface area (Å²) in [7, 11) is 2.00. The maximum absolute atomic E-state index is 4.45. The van der Waals surface area contributed by atoms with Crippen molar-refractivity contribution in [1.82, 2.24) is 15.6 Å². The predicted octanol–water partition coefficient (Wildman–Crippen LogP) is 2.36. The summed E-state index contributed by atoms with van der Waals surface area (Å²) in [6.45, 7) is 6.54. The van der Waals surface area contributed by atoms with Gasteiger partial charge in [0, 0.05) is 11.1 Å². The fourth-order valence-corrected chi connectivity index (χ4v) is 2.40. The molecule has 0 amide bonds. The van der Waals surface area contributed by atoms with Crippen molar-refractivity contribution in [2.45, 2.75) is 39.2 Å². The van der Waals surface area contributed by atoms with Crippen molar-refractivity contribution in [2.24, 2.45) is 0 Å². The molecule has 2 N–H and O–H groups in total. The molecule has 0 radical (unpaired) electrons. The first-order chi connectivity index (χ1) is 7.77. The van der Waals surface area contributed by atoms with Crippen LogP contribution in [0.2, 0.25) is 0 Å². The maximum Gasteiger partial charge on any atom is 0.109 e. The van der Waals surface area contributed by atoms with Gasteiger partial charge in [0.2, 0.25) is 0 Å². The van der Waals surface area contributed by atoms with Gasteiger partial charge in [-0.05, 0) is 46.3 Å². The standard InChI is InChI=1S/C12H23N3S/c1-4-11-9-15-12(16-11)10(2)14-8-6-5-7-13-3/h9-10,13-14H,4-8H2,1-3H3. The van der Waals surface area contributed by atoms with E-state index in [0.717, 1.165) is 19.5 Å². The summed E-state index contributed by atoms with van der Waals surface area (Å²) in [6, 6.07) is 0.389. The molecule has 0 spiro atoms. The van der Waals surface area contributed by atoms with E-state index in [1.807, 2.05) is 24.6 Å². The number of nitrogens with zero attached hydrogens (tertiary/aromatic N) is 1. The van der Waals surface area contributed by atoms with Crippen LogP contribution in [0.3, 0.4) is 0 Å². The second-order valence-electron chi connectivity index (χ2n) is 4.00. The maximum atomic E-state index is 4.45. The Hall–Kier alpha value is -0.450. The van der Waals surface area contributed by atoms with Crippen LogP contribution in [0.25, 0.3) is 0 Å². The molecular weight excluding hydrogens is 218 g/mol. The number of thiazole rings is 1. The van der Waals surface area contributed by atoms with E-state index >= 15 is 0 Å². The molecule has 0 fully saturated rings. The van der Waals surface area contributed by atoms with Crippen LogP contribution in [0.15, 0.2) is 6.20 Å². The Labute approximate surface area is 103 Å². The summed E-state index contributed by atoms with van der Waals surface area (Å²) in [5, 5.41) is 7.89. The quantitative estimate of drug-likeness (QED) is 0.686. The van der Waals surface area contributed by atoms with Crippen molar-refractivity contribution < 1.29 is 0 Å². The average molecular weight is 241 g/mol. The van der Waals surface area contributed by atoms with Crippen LogP contribution in [0.4, 0.5) is 0 Å². The van der Waals surface area contributed by atoms with E-state index in [-0.39, 0.29) is 0 Å². The van der Waals surface area contributed by atoms with Crippen LogP contribution in [0, 0.1) is 0 Å². The Morgan fingerprint density at radius 3 is 2.75 bits per heavy atom. The molecule has 0 aliphatic heterocycles. The molecule has 1 unspecified atom stereocenters. The molecule has 0 bridgehead atoms. The fourth-order valence-electron chi connectivity index (χ4n) is 1.52. The van der Waals surface area contributed by atoms with Gasteiger partial charge < -0.3 is 10.6 Å². The molecule has 0 aromatic carbocycles. The van der Waals surface area contributed by atoms with Crippen molar-refractivity contribution in [2.75, 3.05) is 20.1 Å². The largest absolute Gasteiger partial charge is 0.320 e. The number of aromatic nitrogens is 1. The zero-order chi connectivity index (χ0) is 11.8. The Balaban J connectivity index is 2.21. The predicted molar refractivity (Wildman–Crippen MR) is 71.1 cm³/mol. The van der Waals surface area contributed by atoms with Gasteiger partial charge in [-0.2, -0.15) is 0 Å². The van der Waals surface area contributed by atoms with Gasteiger partial charge in [0.15, 0.2) is 0 Å². The van der Waals surface area contributed by atoms with Gasteiger partial charge >= 0.3 is 0 Å². The highest BCUT2D eigenvalue weighted by Crippen LogP contribution is 2.19. The summed E-state index contributed by atoms with van der Waals surface area (Å²) < 4.78 is 0. The molecule has 1 heterocycles. The molecule has 16 heavy (non-hydrogen) atoms. The van der Waals surface area contributed by atoms with Gasteiger partial charge in [-0.15, -0.1) is 11.3 Å². The minimum Gasteiger partial charge on any atom is -0.320 e. The van der Waals surface area contributed by atoms with Crippen LogP contribution in [-0.4, -0.2) is 25.1 Å². The minimum atomic E-state index is 0.389. The Bertz CT molecular complexity index is 286. The van der Waals surface area contributed by atoms with E-state index < -0.39 is 0 Å². The SMILES string of the molecule is CCc1cnc(C(C)NCCCCNC)s1. The molecule has 0 saturated carbocycles. The zero-order valence-electron chi connectivity index (χ0n) is 10.5. The lowest BCUT2D eigenvalue weighted by molar-refractivity contribution is 0.539. The molecule has 3 nitrogen and oxygen atoms in total. The van der Waals surface area contributed by atoms with Crippen molar-refractivity contribution in [1.29, 1.82) is 0 Å². The Kier molecular flexibility index (Phi) is 6.61. The van der Waals surface area contributed by atoms with Crippen molar-refractivity contribution in [3.8, 4) is 0 Å². The summed E-state index contributed by atoms with van der Waals surface area (Å²) in [5.74, 6) is 0. The van der Waals surface area contributed by atoms with Crippen molar-refractivity contribution in [3.05, 3.63) is 16.1 Å². The molecule has 1 rings (SSSR count). The Morgan fingerprint density at radius 2 is 2.12 bits per heavy atom. The number of aryl methyl sites for hydroxylation is 1. The van der Waals surface area contributed by atoms with Crippen LogP contribution < -0.4 is 10.6 Å². The third kappa shape index (κ3) is 4.60. The van der Waals surface area contributed by atoms with Gasteiger partial charge in [0.25, 0.3) is 0 Å². The van der Waals surface area contributed by atoms with Crippen LogP contribution in [0.1, 0.15) is 42.6 Å². The molecule has 1 aromatic rings. The number of unbranched alkanes of at least 4 members (excludes halogenated alkanes) is 1. The van der Waals surface area contributed by atoms with Crippen molar-refractivity contribution >= 4 is 11.3 Å². The molecule has 0 saturated heterocycles. The molecule has 4 heteroatoms. The minimum absolute atomic E-state index is 0.389. The van der Waals surface area contributed by atoms with Crippen molar-refractivity contribution in [3.63, 3.8) is 0 Å². The summed E-state index contributed by atoms with van der Waals surface area (Å²) in [4.78, 5) is 5.82. The van der Waals surface area contributed by atoms with Gasteiger partial charge in [-0.1, -0.05) is 6.92 Å². The van der Waals surface area contributed by atoms with Crippen LogP contribution >= 0.6 is 11.3 Å². The third-order valence-corrected chi connectivity index (χ3v) is 3.92. The molecule has 0 aliphatic carbocycles. The van der Waals surface area contributed by atoms with Gasteiger partial charge in [-0.25, -0.2) is 4.98 Å². The van der Waals surface area contributed by atoms with Gasteiger partial charge in [-0.3, -0.25) is 0 Å². The monoisotopic (exact) mass is 241 g/mol. The Morgan fingerprint density at radius 1 is 1.38 bits per heavy atom. The average Bonchev–Trinajstić information content (AvgIpc) is 2.77. The highest BCUT2D eigenvalue weighted by atomic mass is 32.1. The van der Waals surface area contributed by atoms with Gasteiger partial charge in [0.05, 0.1) is 6.04 Å². The molecule has 1 aromatic heterocycles. The lowest BCUT2D eigenvalue weighted by Gasteiger charge is -2.10. The van der Waals surface area contributed by atoms with E-state index in [1.54, 1.807) is 0 Å². The second-order valence-corrected chi connectivity index (χ2v) is 5.15. The van der Waals surface area contributed by atoms with E-state index in [9.17, 15) is 0 Å². The lowest BCUT2D eigenvalue weighted by atomic mass is 10.3. The summed E-state index contributed by atoms with van der Waals surface area (Å²) in [6.07, 6.45) is 5.54. The highest BCUT2D eigenvalue weighted by Gasteiger charge is 2.08. The smallest absolute Gasteiger partial charge is 0.109 e. The van der Waals surface area contributed by atoms with E-state index in [1.165, 1.54) is 22.7 Å². The summed E-state index contributed by atoms with van der Waals surface area (Å²) >= 11 is 1.82. The molecular formula is C12H23N3S. The summed E-state index contributed by atoms with van der Waals surface area (Å²) in [5.41, 5.74) is 0. The first-order valence-electron chi connectivity index (χ1n) is 6.10. The number of nitrogens with one attached hydrogen (secondary N) is 2. The van der Waals surface area contributed by atoms with Crippen LogP contribution in [0.5, 0.6) is 0 Å². The third-order valence-electron chi connectivity index (χ3n) is 2.59. The molecule has 0 aliphatic rings. The highest BCUT2D eigenvalue weighted by molar-refractivity contribution is 7.11. The van der Waals surface area contributed by atoms with E-state index in [2.05, 4.69) is 29.5 Å². The lowest BCUT2D eigenvalue weighted by Crippen LogP contribution is -2.20. The number of hydrogen-bond donors (Lipinski definition) is 2. The molecule has 92 valence electrons. The van der Waals surface area contributed by atoms with E-state index in [4.69, 9.17) is 0 Å². The van der Waals surface area contributed by atoms with E-state index in [0.29, 0.717) is 6.04 Å². The topological polar surface area (TPSA) is 37.0 Å². The second kappa shape index (κ2) is 7.76. The normalized spacial score (nSPS) is 12.9.